The Kier molecular flexibility index (Phi) is 9.15. The number of carbonyl (C=O) groups excluding carboxylic acids is 1. The minimum absolute atomic E-state index is 0. The molecule has 1 unspecified atom stereocenters. The second-order valence-corrected chi connectivity index (χ2v) is 8.50. The summed E-state index contributed by atoms with van der Waals surface area (Å²) >= 11 is 0. The average Bonchev–Trinajstić information content (AvgIpc) is 3.33. The van der Waals surface area contributed by atoms with Crippen molar-refractivity contribution in [3.63, 3.8) is 0 Å². The van der Waals surface area contributed by atoms with Crippen LogP contribution in [-0.2, 0) is 17.8 Å². The number of alkyl carbamates (subject to hydrolysis) is 1. The van der Waals surface area contributed by atoms with Crippen molar-refractivity contribution < 1.29 is 9.53 Å². The van der Waals surface area contributed by atoms with E-state index in [1.807, 2.05) is 37.7 Å². The minimum Gasteiger partial charge on any atom is -0.444 e. The SMILES string of the molecule is CN=C(NCc1cccc(Cn2cccn2)c1)N1CCC(NC(=O)OC(C)(C)C)C1.I. The first-order valence-corrected chi connectivity index (χ1v) is 10.3. The van der Waals surface area contributed by atoms with E-state index in [4.69, 9.17) is 4.74 Å². The predicted octanol–water partition coefficient (Wildman–Crippen LogP) is 3.22. The van der Waals surface area contributed by atoms with Gasteiger partial charge in [-0.2, -0.15) is 5.10 Å². The van der Waals surface area contributed by atoms with Gasteiger partial charge in [-0.15, -0.1) is 24.0 Å². The third-order valence-corrected chi connectivity index (χ3v) is 4.77. The van der Waals surface area contributed by atoms with Crippen LogP contribution in [0.4, 0.5) is 4.79 Å². The van der Waals surface area contributed by atoms with Gasteiger partial charge >= 0.3 is 6.09 Å². The summed E-state index contributed by atoms with van der Waals surface area (Å²) in [5, 5.41) is 10.7. The summed E-state index contributed by atoms with van der Waals surface area (Å²) in [6.45, 7) is 8.56. The number of carbonyl (C=O) groups is 1. The number of aliphatic imine (C=N–C) groups is 1. The number of likely N-dealkylation sites (tertiary alicyclic amines) is 1. The van der Waals surface area contributed by atoms with Crippen molar-refractivity contribution in [1.29, 1.82) is 0 Å². The molecule has 1 atom stereocenters. The number of hydrogen-bond donors (Lipinski definition) is 2. The van der Waals surface area contributed by atoms with Crippen LogP contribution in [0.15, 0.2) is 47.7 Å². The second kappa shape index (κ2) is 11.4. The molecule has 2 aromatic rings. The molecule has 0 saturated carbocycles. The highest BCUT2D eigenvalue weighted by Gasteiger charge is 2.27. The summed E-state index contributed by atoms with van der Waals surface area (Å²) < 4.78 is 7.27. The van der Waals surface area contributed by atoms with Gasteiger partial charge in [0, 0.05) is 39.1 Å². The Morgan fingerprint density at radius 2 is 2.06 bits per heavy atom. The third kappa shape index (κ3) is 8.04. The lowest BCUT2D eigenvalue weighted by Gasteiger charge is -2.23. The molecule has 1 aromatic carbocycles. The molecule has 2 N–H and O–H groups in total. The maximum Gasteiger partial charge on any atom is 0.407 e. The fourth-order valence-corrected chi connectivity index (χ4v) is 3.48. The van der Waals surface area contributed by atoms with Gasteiger partial charge in [0.25, 0.3) is 0 Å². The molecular formula is C22H33IN6O2. The van der Waals surface area contributed by atoms with E-state index < -0.39 is 5.60 Å². The van der Waals surface area contributed by atoms with Crippen LogP contribution in [-0.4, -0.2) is 58.5 Å². The molecule has 8 nitrogen and oxygen atoms in total. The highest BCUT2D eigenvalue weighted by molar-refractivity contribution is 14.0. The van der Waals surface area contributed by atoms with Gasteiger partial charge in [0.2, 0.25) is 0 Å². The van der Waals surface area contributed by atoms with Crippen LogP contribution in [0.5, 0.6) is 0 Å². The lowest BCUT2D eigenvalue weighted by molar-refractivity contribution is 0.0507. The zero-order chi connectivity index (χ0) is 21.6. The smallest absolute Gasteiger partial charge is 0.407 e. The molecule has 1 saturated heterocycles. The van der Waals surface area contributed by atoms with Crippen molar-refractivity contribution in [2.45, 2.75) is 51.9 Å². The van der Waals surface area contributed by atoms with Gasteiger partial charge in [0.1, 0.15) is 5.60 Å². The van der Waals surface area contributed by atoms with Gasteiger partial charge in [0.05, 0.1) is 12.6 Å². The molecule has 1 aromatic heterocycles. The maximum absolute atomic E-state index is 12.0. The lowest BCUT2D eigenvalue weighted by Crippen LogP contribution is -2.44. The largest absolute Gasteiger partial charge is 0.444 e. The predicted molar refractivity (Wildman–Crippen MR) is 133 cm³/mol. The maximum atomic E-state index is 12.0. The number of ether oxygens (including phenoxy) is 1. The Morgan fingerprint density at radius 1 is 1.29 bits per heavy atom. The van der Waals surface area contributed by atoms with Crippen molar-refractivity contribution in [3.05, 3.63) is 53.9 Å². The molecule has 170 valence electrons. The first-order valence-electron chi connectivity index (χ1n) is 10.3. The highest BCUT2D eigenvalue weighted by Crippen LogP contribution is 2.13. The average molecular weight is 540 g/mol. The fourth-order valence-electron chi connectivity index (χ4n) is 3.48. The van der Waals surface area contributed by atoms with Crippen LogP contribution in [0.2, 0.25) is 0 Å². The molecule has 1 amide bonds. The molecule has 31 heavy (non-hydrogen) atoms. The summed E-state index contributed by atoms with van der Waals surface area (Å²) in [7, 11) is 1.78. The van der Waals surface area contributed by atoms with Crippen LogP contribution in [0.25, 0.3) is 0 Å². The summed E-state index contributed by atoms with van der Waals surface area (Å²) in [5.41, 5.74) is 1.89. The summed E-state index contributed by atoms with van der Waals surface area (Å²) in [6, 6.07) is 10.4. The molecule has 9 heteroatoms. The van der Waals surface area contributed by atoms with E-state index >= 15 is 0 Å². The zero-order valence-electron chi connectivity index (χ0n) is 18.7. The first kappa shape index (κ1) is 25.0. The van der Waals surface area contributed by atoms with E-state index in [1.54, 1.807) is 13.2 Å². The number of halogens is 1. The van der Waals surface area contributed by atoms with E-state index in [2.05, 4.69) is 49.9 Å². The molecule has 0 radical (unpaired) electrons. The van der Waals surface area contributed by atoms with Gasteiger partial charge in [-0.05, 0) is 44.4 Å². The standard InChI is InChI=1S/C22H32N6O2.HI/c1-22(2,3)30-21(29)26-19-9-12-27(16-19)20(23-4)24-14-17-7-5-8-18(13-17)15-28-11-6-10-25-28;/h5-8,10-11,13,19H,9,12,14-16H2,1-4H3,(H,23,24)(H,26,29);1H. The van der Waals surface area contributed by atoms with Crippen LogP contribution in [0.1, 0.15) is 38.3 Å². The monoisotopic (exact) mass is 540 g/mol. The van der Waals surface area contributed by atoms with Crippen molar-refractivity contribution in [3.8, 4) is 0 Å². The van der Waals surface area contributed by atoms with Crippen molar-refractivity contribution in [1.82, 2.24) is 25.3 Å². The molecule has 3 rings (SSSR count). The summed E-state index contributed by atoms with van der Waals surface area (Å²) in [5.74, 6) is 0.834. The topological polar surface area (TPSA) is 83.8 Å². The Labute approximate surface area is 201 Å². The Hall–Kier alpha value is -2.30. The van der Waals surface area contributed by atoms with Crippen molar-refractivity contribution >= 4 is 36.0 Å². The van der Waals surface area contributed by atoms with Crippen molar-refractivity contribution in [2.75, 3.05) is 20.1 Å². The number of amides is 1. The van der Waals surface area contributed by atoms with Gasteiger partial charge < -0.3 is 20.3 Å². The van der Waals surface area contributed by atoms with Crippen LogP contribution in [0, 0.1) is 0 Å². The number of benzene rings is 1. The lowest BCUT2D eigenvalue weighted by atomic mass is 10.1. The second-order valence-electron chi connectivity index (χ2n) is 8.50. The normalized spacial score (nSPS) is 16.6. The fraction of sp³-hybridized carbons (Fsp3) is 0.500. The zero-order valence-corrected chi connectivity index (χ0v) is 21.0. The van der Waals surface area contributed by atoms with Gasteiger partial charge in [-0.3, -0.25) is 9.67 Å². The molecule has 1 fully saturated rings. The Bertz CT molecular complexity index is 863. The number of nitrogens with zero attached hydrogens (tertiary/aromatic N) is 4. The van der Waals surface area contributed by atoms with E-state index in [9.17, 15) is 4.79 Å². The van der Waals surface area contributed by atoms with E-state index in [-0.39, 0.29) is 36.1 Å². The molecule has 2 heterocycles. The third-order valence-electron chi connectivity index (χ3n) is 4.77. The van der Waals surface area contributed by atoms with E-state index in [0.29, 0.717) is 13.1 Å². The number of guanidine groups is 1. The van der Waals surface area contributed by atoms with E-state index in [1.165, 1.54) is 11.1 Å². The molecule has 0 spiro atoms. The minimum atomic E-state index is -0.494. The molecular weight excluding hydrogens is 507 g/mol. The summed E-state index contributed by atoms with van der Waals surface area (Å²) in [6.07, 6.45) is 4.24. The van der Waals surface area contributed by atoms with Gasteiger partial charge in [0.15, 0.2) is 5.96 Å². The van der Waals surface area contributed by atoms with E-state index in [0.717, 1.165) is 25.5 Å². The molecule has 0 bridgehead atoms. The molecule has 0 aliphatic carbocycles. The van der Waals surface area contributed by atoms with Crippen LogP contribution in [0.3, 0.4) is 0 Å². The molecule has 1 aliphatic heterocycles. The van der Waals surface area contributed by atoms with Crippen LogP contribution >= 0.6 is 24.0 Å². The first-order chi connectivity index (χ1) is 14.3. The number of rotatable bonds is 5. The number of nitrogens with one attached hydrogen (secondary N) is 2. The summed E-state index contributed by atoms with van der Waals surface area (Å²) in [4.78, 5) is 18.6. The van der Waals surface area contributed by atoms with Crippen LogP contribution < -0.4 is 10.6 Å². The van der Waals surface area contributed by atoms with Gasteiger partial charge in [-0.25, -0.2) is 4.79 Å². The highest BCUT2D eigenvalue weighted by atomic mass is 127. The Morgan fingerprint density at radius 3 is 2.74 bits per heavy atom. The Balaban J connectivity index is 0.00000341. The van der Waals surface area contributed by atoms with Crippen molar-refractivity contribution in [2.24, 2.45) is 4.99 Å². The number of hydrogen-bond acceptors (Lipinski definition) is 4. The molecule has 1 aliphatic rings. The quantitative estimate of drug-likeness (QED) is 0.346. The van der Waals surface area contributed by atoms with Gasteiger partial charge in [-0.1, -0.05) is 24.3 Å². The number of aromatic nitrogens is 2.